The highest BCUT2D eigenvalue weighted by Crippen LogP contribution is 2.16. The van der Waals surface area contributed by atoms with Crippen molar-refractivity contribution in [2.24, 2.45) is 0 Å². The summed E-state index contributed by atoms with van der Waals surface area (Å²) in [6.45, 7) is 0. The Kier molecular flexibility index (Phi) is 6.26. The molecule has 0 atom stereocenters. The summed E-state index contributed by atoms with van der Waals surface area (Å²) in [6, 6.07) is 0.804. The molecule has 0 aromatic heterocycles. The zero-order valence-electron chi connectivity index (χ0n) is 9.15. The topological polar surface area (TPSA) is 12.0 Å². The normalized spacial score (nSPS) is 23.8. The Balaban J connectivity index is 2.18. The van der Waals surface area contributed by atoms with Gasteiger partial charge in [0.2, 0.25) is 0 Å². The zero-order valence-corrected chi connectivity index (χ0v) is 9.15. The Labute approximate surface area is 83.3 Å². The van der Waals surface area contributed by atoms with E-state index in [2.05, 4.69) is 12.4 Å². The molecule has 0 unspecified atom stereocenters. The summed E-state index contributed by atoms with van der Waals surface area (Å²) in [6.07, 6.45) is 14.5. The van der Waals surface area contributed by atoms with Crippen LogP contribution < -0.4 is 5.32 Å². The molecule has 1 fully saturated rings. The van der Waals surface area contributed by atoms with E-state index >= 15 is 0 Å². The molecule has 0 amide bonds. The van der Waals surface area contributed by atoms with Crippen molar-refractivity contribution in [3.05, 3.63) is 0 Å². The van der Waals surface area contributed by atoms with Crippen LogP contribution in [0.15, 0.2) is 0 Å². The molecular formula is C12H25N. The van der Waals surface area contributed by atoms with Crippen LogP contribution in [0.5, 0.6) is 0 Å². The van der Waals surface area contributed by atoms with E-state index in [0.717, 1.165) is 6.04 Å². The monoisotopic (exact) mass is 183 g/mol. The van der Waals surface area contributed by atoms with Gasteiger partial charge in [-0.2, -0.15) is 0 Å². The Morgan fingerprint density at radius 3 is 1.46 bits per heavy atom. The molecule has 1 saturated carbocycles. The van der Waals surface area contributed by atoms with E-state index in [1.807, 2.05) is 0 Å². The van der Waals surface area contributed by atoms with E-state index in [4.69, 9.17) is 0 Å². The second kappa shape index (κ2) is 7.37. The molecule has 78 valence electrons. The molecule has 1 heteroatoms. The summed E-state index contributed by atoms with van der Waals surface area (Å²) >= 11 is 0. The standard InChI is InChI=1S/C12H25N/c1-13-12-10-8-6-4-2-3-5-7-9-11-12/h12-13H,2-11H2,1H3. The van der Waals surface area contributed by atoms with Crippen LogP contribution in [0.25, 0.3) is 0 Å². The van der Waals surface area contributed by atoms with Gasteiger partial charge in [0.25, 0.3) is 0 Å². The molecule has 0 aromatic carbocycles. The predicted molar refractivity (Wildman–Crippen MR) is 59.0 cm³/mol. The van der Waals surface area contributed by atoms with E-state index in [1.165, 1.54) is 64.2 Å². The third-order valence-corrected chi connectivity index (χ3v) is 3.26. The van der Waals surface area contributed by atoms with Crippen molar-refractivity contribution in [3.8, 4) is 0 Å². The van der Waals surface area contributed by atoms with E-state index < -0.39 is 0 Å². The molecule has 1 aliphatic rings. The SMILES string of the molecule is CNC1CCCCCCCCCC1. The first-order valence-corrected chi connectivity index (χ1v) is 6.11. The average molecular weight is 183 g/mol. The molecule has 0 aromatic rings. The second-order valence-corrected chi connectivity index (χ2v) is 4.39. The van der Waals surface area contributed by atoms with Crippen molar-refractivity contribution in [1.29, 1.82) is 0 Å². The first-order valence-electron chi connectivity index (χ1n) is 6.11. The highest BCUT2D eigenvalue weighted by atomic mass is 14.9. The Morgan fingerprint density at radius 1 is 0.692 bits per heavy atom. The Bertz CT molecular complexity index is 99.7. The maximum Gasteiger partial charge on any atom is 0.00640 e. The summed E-state index contributed by atoms with van der Waals surface area (Å²) < 4.78 is 0. The van der Waals surface area contributed by atoms with Crippen LogP contribution in [0.1, 0.15) is 64.2 Å². The molecule has 0 aliphatic heterocycles. The van der Waals surface area contributed by atoms with Gasteiger partial charge >= 0.3 is 0 Å². The van der Waals surface area contributed by atoms with Crippen LogP contribution in [0.4, 0.5) is 0 Å². The fourth-order valence-electron chi connectivity index (χ4n) is 2.28. The number of rotatable bonds is 1. The molecular weight excluding hydrogens is 158 g/mol. The van der Waals surface area contributed by atoms with Gasteiger partial charge in [-0.05, 0) is 19.9 Å². The lowest BCUT2D eigenvalue weighted by atomic mass is 10.0. The number of hydrogen-bond donors (Lipinski definition) is 1. The van der Waals surface area contributed by atoms with Crippen LogP contribution in [0, 0.1) is 0 Å². The lowest BCUT2D eigenvalue weighted by Gasteiger charge is -2.14. The fraction of sp³-hybridized carbons (Fsp3) is 1.00. The van der Waals surface area contributed by atoms with Gasteiger partial charge in [-0.1, -0.05) is 51.4 Å². The van der Waals surface area contributed by atoms with E-state index in [1.54, 1.807) is 0 Å². The molecule has 1 rings (SSSR count). The van der Waals surface area contributed by atoms with Crippen LogP contribution in [0.3, 0.4) is 0 Å². The molecule has 1 N–H and O–H groups in total. The molecule has 1 aliphatic carbocycles. The van der Waals surface area contributed by atoms with Gasteiger partial charge in [0.15, 0.2) is 0 Å². The van der Waals surface area contributed by atoms with Crippen molar-refractivity contribution in [3.63, 3.8) is 0 Å². The molecule has 0 saturated heterocycles. The van der Waals surface area contributed by atoms with Gasteiger partial charge in [-0.15, -0.1) is 0 Å². The Hall–Kier alpha value is -0.0400. The van der Waals surface area contributed by atoms with E-state index in [0.29, 0.717) is 0 Å². The van der Waals surface area contributed by atoms with Gasteiger partial charge < -0.3 is 5.32 Å². The van der Waals surface area contributed by atoms with Crippen molar-refractivity contribution >= 4 is 0 Å². The highest BCUT2D eigenvalue weighted by Gasteiger charge is 2.06. The molecule has 1 nitrogen and oxygen atoms in total. The summed E-state index contributed by atoms with van der Waals surface area (Å²) in [4.78, 5) is 0. The minimum absolute atomic E-state index is 0.804. The summed E-state index contributed by atoms with van der Waals surface area (Å²) in [7, 11) is 2.12. The summed E-state index contributed by atoms with van der Waals surface area (Å²) in [5.41, 5.74) is 0. The summed E-state index contributed by atoms with van der Waals surface area (Å²) in [5, 5.41) is 3.44. The first kappa shape index (κ1) is 11.0. The van der Waals surface area contributed by atoms with Gasteiger partial charge in [-0.3, -0.25) is 0 Å². The predicted octanol–water partition coefficient (Wildman–Crippen LogP) is 3.49. The summed E-state index contributed by atoms with van der Waals surface area (Å²) in [5.74, 6) is 0. The molecule has 0 spiro atoms. The number of hydrogen-bond acceptors (Lipinski definition) is 1. The van der Waals surface area contributed by atoms with Crippen molar-refractivity contribution in [2.75, 3.05) is 7.05 Å². The van der Waals surface area contributed by atoms with E-state index in [-0.39, 0.29) is 0 Å². The quantitative estimate of drug-likeness (QED) is 0.656. The third kappa shape index (κ3) is 5.30. The van der Waals surface area contributed by atoms with Crippen LogP contribution in [-0.2, 0) is 0 Å². The van der Waals surface area contributed by atoms with Crippen molar-refractivity contribution in [1.82, 2.24) is 5.32 Å². The average Bonchev–Trinajstić information content (AvgIpc) is 2.22. The van der Waals surface area contributed by atoms with Crippen LogP contribution >= 0.6 is 0 Å². The minimum atomic E-state index is 0.804. The highest BCUT2D eigenvalue weighted by molar-refractivity contribution is 4.65. The Morgan fingerprint density at radius 2 is 1.08 bits per heavy atom. The number of nitrogens with one attached hydrogen (secondary N) is 1. The van der Waals surface area contributed by atoms with Crippen LogP contribution in [-0.4, -0.2) is 13.1 Å². The fourth-order valence-corrected chi connectivity index (χ4v) is 2.28. The largest absolute Gasteiger partial charge is 0.317 e. The lowest BCUT2D eigenvalue weighted by Crippen LogP contribution is -2.24. The molecule has 0 heterocycles. The van der Waals surface area contributed by atoms with E-state index in [9.17, 15) is 0 Å². The molecule has 0 bridgehead atoms. The van der Waals surface area contributed by atoms with Gasteiger partial charge in [0, 0.05) is 6.04 Å². The maximum absolute atomic E-state index is 3.44. The molecule has 0 radical (unpaired) electrons. The zero-order chi connectivity index (χ0) is 9.36. The van der Waals surface area contributed by atoms with Gasteiger partial charge in [0.1, 0.15) is 0 Å². The second-order valence-electron chi connectivity index (χ2n) is 4.39. The van der Waals surface area contributed by atoms with Gasteiger partial charge in [0.05, 0.1) is 0 Å². The smallest absolute Gasteiger partial charge is 0.00640 e. The van der Waals surface area contributed by atoms with Crippen molar-refractivity contribution < 1.29 is 0 Å². The van der Waals surface area contributed by atoms with Gasteiger partial charge in [-0.25, -0.2) is 0 Å². The maximum atomic E-state index is 3.44. The third-order valence-electron chi connectivity index (χ3n) is 3.26. The first-order chi connectivity index (χ1) is 6.43. The molecule has 13 heavy (non-hydrogen) atoms. The lowest BCUT2D eigenvalue weighted by molar-refractivity contribution is 0.450. The van der Waals surface area contributed by atoms with Crippen molar-refractivity contribution in [2.45, 2.75) is 70.3 Å². The van der Waals surface area contributed by atoms with Crippen LogP contribution in [0.2, 0.25) is 0 Å². The minimum Gasteiger partial charge on any atom is -0.317 e.